The van der Waals surface area contributed by atoms with Gasteiger partial charge >= 0.3 is 5.97 Å². The largest absolute Gasteiger partial charge is 0.459 e. The van der Waals surface area contributed by atoms with Crippen molar-refractivity contribution in [1.29, 1.82) is 0 Å². The maximum absolute atomic E-state index is 12.9. The van der Waals surface area contributed by atoms with Gasteiger partial charge in [0, 0.05) is 21.5 Å². The summed E-state index contributed by atoms with van der Waals surface area (Å²) in [4.78, 5) is 25.8. The van der Waals surface area contributed by atoms with E-state index in [4.69, 9.17) is 20.8 Å². The predicted octanol–water partition coefficient (Wildman–Crippen LogP) is 7.15. The van der Waals surface area contributed by atoms with Gasteiger partial charge in [-0.1, -0.05) is 54.1 Å². The van der Waals surface area contributed by atoms with Crippen LogP contribution in [0.4, 0.5) is 5.00 Å². The average Bonchev–Trinajstić information content (AvgIpc) is 3.42. The Morgan fingerprint density at radius 1 is 1.00 bits per heavy atom. The number of rotatable bonds is 6. The van der Waals surface area contributed by atoms with Crippen LogP contribution in [0.5, 0.6) is 0 Å². The molecule has 0 spiro atoms. The minimum atomic E-state index is -0.491. The number of furan rings is 1. The van der Waals surface area contributed by atoms with Crippen molar-refractivity contribution in [1.82, 2.24) is 0 Å². The summed E-state index contributed by atoms with van der Waals surface area (Å²) in [6.45, 7) is 3.57. The lowest BCUT2D eigenvalue weighted by Gasteiger charge is -2.11. The van der Waals surface area contributed by atoms with Gasteiger partial charge in [-0.2, -0.15) is 0 Å². The molecule has 5 nitrogen and oxygen atoms in total. The number of halogens is 1. The van der Waals surface area contributed by atoms with Gasteiger partial charge in [0.25, 0.3) is 5.91 Å². The summed E-state index contributed by atoms with van der Waals surface area (Å²) in [5.74, 6) is -0.307. The van der Waals surface area contributed by atoms with Crippen LogP contribution in [0, 0.1) is 0 Å². The summed E-state index contributed by atoms with van der Waals surface area (Å²) < 4.78 is 11.2. The van der Waals surface area contributed by atoms with E-state index in [9.17, 15) is 9.59 Å². The Morgan fingerprint density at radius 3 is 2.47 bits per heavy atom. The smallest absolute Gasteiger partial charge is 0.342 e. The van der Waals surface area contributed by atoms with Gasteiger partial charge in [0.2, 0.25) is 0 Å². The molecule has 1 amide bonds. The first-order chi connectivity index (χ1) is 15.4. The summed E-state index contributed by atoms with van der Waals surface area (Å²) in [5.41, 5.74) is 2.65. The number of amides is 1. The molecular formula is C25H20ClNO4S. The minimum absolute atomic E-state index is 0.123. The Kier molecular flexibility index (Phi) is 6.44. The second-order valence-corrected chi connectivity index (χ2v) is 8.62. The molecule has 0 aliphatic rings. The Hall–Kier alpha value is -3.35. The average molecular weight is 466 g/mol. The maximum atomic E-state index is 12.9. The highest BCUT2D eigenvalue weighted by Crippen LogP contribution is 2.37. The SMILES string of the molecule is CC(C)OC(=O)c1c(-c2ccccc2)csc1NC(=O)c1ccc(-c2cccc(Cl)c2)o1. The zero-order chi connectivity index (χ0) is 22.7. The third-order valence-electron chi connectivity index (χ3n) is 4.59. The topological polar surface area (TPSA) is 68.5 Å². The van der Waals surface area contributed by atoms with Crippen molar-refractivity contribution in [3.05, 3.63) is 88.5 Å². The van der Waals surface area contributed by atoms with Crippen LogP contribution in [0.25, 0.3) is 22.5 Å². The number of esters is 1. The Morgan fingerprint density at radius 2 is 1.75 bits per heavy atom. The number of hydrogen-bond acceptors (Lipinski definition) is 5. The lowest BCUT2D eigenvalue weighted by Crippen LogP contribution is -2.16. The number of nitrogens with one attached hydrogen (secondary N) is 1. The van der Waals surface area contributed by atoms with Gasteiger partial charge in [-0.25, -0.2) is 4.79 Å². The van der Waals surface area contributed by atoms with E-state index < -0.39 is 11.9 Å². The van der Waals surface area contributed by atoms with E-state index in [1.807, 2.05) is 47.8 Å². The summed E-state index contributed by atoms with van der Waals surface area (Å²) in [6.07, 6.45) is -0.292. The van der Waals surface area contributed by atoms with Crippen LogP contribution in [0.2, 0.25) is 5.02 Å². The first-order valence-corrected chi connectivity index (χ1v) is 11.2. The molecule has 0 aliphatic heterocycles. The number of thiophene rings is 1. The third-order valence-corrected chi connectivity index (χ3v) is 5.72. The van der Waals surface area contributed by atoms with Gasteiger partial charge in [-0.15, -0.1) is 11.3 Å². The predicted molar refractivity (Wildman–Crippen MR) is 127 cm³/mol. The molecular weight excluding hydrogens is 446 g/mol. The van der Waals surface area contributed by atoms with E-state index in [0.29, 0.717) is 26.9 Å². The number of benzene rings is 2. The van der Waals surface area contributed by atoms with E-state index in [1.165, 1.54) is 11.3 Å². The van der Waals surface area contributed by atoms with Crippen molar-refractivity contribution in [3.63, 3.8) is 0 Å². The molecule has 32 heavy (non-hydrogen) atoms. The summed E-state index contributed by atoms with van der Waals surface area (Å²) >= 11 is 7.31. The number of carbonyl (C=O) groups excluding carboxylic acids is 2. The van der Waals surface area contributed by atoms with Crippen LogP contribution in [-0.4, -0.2) is 18.0 Å². The molecule has 0 radical (unpaired) electrons. The fourth-order valence-electron chi connectivity index (χ4n) is 3.18. The molecule has 162 valence electrons. The van der Waals surface area contributed by atoms with Crippen LogP contribution >= 0.6 is 22.9 Å². The molecule has 2 heterocycles. The van der Waals surface area contributed by atoms with E-state index in [1.54, 1.807) is 38.1 Å². The van der Waals surface area contributed by atoms with Gasteiger partial charge < -0.3 is 14.5 Å². The van der Waals surface area contributed by atoms with Gasteiger partial charge in [0.05, 0.1) is 6.10 Å². The molecule has 0 atom stereocenters. The standard InChI is InChI=1S/C25H20ClNO4S/c1-15(2)30-25(29)22-19(16-7-4-3-5-8-16)14-32-24(22)27-23(28)21-12-11-20(31-21)17-9-6-10-18(26)13-17/h3-15H,1-2H3,(H,27,28). The minimum Gasteiger partial charge on any atom is -0.459 e. The molecule has 1 N–H and O–H groups in total. The first kappa shape index (κ1) is 21.9. The molecule has 2 aromatic carbocycles. The van der Waals surface area contributed by atoms with Crippen LogP contribution < -0.4 is 5.32 Å². The van der Waals surface area contributed by atoms with Crippen molar-refractivity contribution < 1.29 is 18.7 Å². The third kappa shape index (κ3) is 4.77. The molecule has 0 aliphatic carbocycles. The Balaban J connectivity index is 1.63. The fourth-order valence-corrected chi connectivity index (χ4v) is 4.32. The van der Waals surface area contributed by atoms with Crippen LogP contribution in [0.15, 0.2) is 76.5 Å². The highest BCUT2D eigenvalue weighted by atomic mass is 35.5. The van der Waals surface area contributed by atoms with Crippen LogP contribution in [0.1, 0.15) is 34.8 Å². The van der Waals surface area contributed by atoms with Gasteiger partial charge in [0.15, 0.2) is 5.76 Å². The highest BCUT2D eigenvalue weighted by molar-refractivity contribution is 7.15. The Labute approximate surface area is 194 Å². The first-order valence-electron chi connectivity index (χ1n) is 9.97. The van der Waals surface area contributed by atoms with Crippen molar-refractivity contribution in [3.8, 4) is 22.5 Å². The molecule has 0 fully saturated rings. The van der Waals surface area contributed by atoms with Crippen molar-refractivity contribution >= 4 is 39.8 Å². The molecule has 2 aromatic heterocycles. The summed E-state index contributed by atoms with van der Waals surface area (Å²) in [6, 6.07) is 20.0. The molecule has 7 heteroatoms. The zero-order valence-electron chi connectivity index (χ0n) is 17.4. The summed E-state index contributed by atoms with van der Waals surface area (Å²) in [7, 11) is 0. The van der Waals surface area contributed by atoms with E-state index >= 15 is 0 Å². The number of carbonyl (C=O) groups is 2. The molecule has 0 saturated heterocycles. The van der Waals surface area contributed by atoms with Gasteiger partial charge in [-0.05, 0) is 43.7 Å². The van der Waals surface area contributed by atoms with Gasteiger partial charge in [0.1, 0.15) is 16.3 Å². The summed E-state index contributed by atoms with van der Waals surface area (Å²) in [5, 5.41) is 5.62. The van der Waals surface area contributed by atoms with Crippen molar-refractivity contribution in [2.75, 3.05) is 5.32 Å². The van der Waals surface area contributed by atoms with E-state index in [0.717, 1.165) is 11.1 Å². The monoisotopic (exact) mass is 465 g/mol. The zero-order valence-corrected chi connectivity index (χ0v) is 19.0. The second-order valence-electron chi connectivity index (χ2n) is 7.30. The highest BCUT2D eigenvalue weighted by Gasteiger charge is 2.25. The molecule has 0 unspecified atom stereocenters. The molecule has 4 rings (SSSR count). The van der Waals surface area contributed by atoms with Crippen molar-refractivity contribution in [2.24, 2.45) is 0 Å². The normalized spacial score (nSPS) is 10.9. The molecule has 4 aromatic rings. The van der Waals surface area contributed by atoms with Crippen molar-refractivity contribution in [2.45, 2.75) is 20.0 Å². The number of ether oxygens (including phenoxy) is 1. The van der Waals surface area contributed by atoms with E-state index in [2.05, 4.69) is 5.32 Å². The quantitative estimate of drug-likeness (QED) is 0.307. The van der Waals surface area contributed by atoms with Crippen LogP contribution in [-0.2, 0) is 4.74 Å². The second kappa shape index (κ2) is 9.42. The van der Waals surface area contributed by atoms with E-state index in [-0.39, 0.29) is 11.9 Å². The fraction of sp³-hybridized carbons (Fsp3) is 0.120. The van der Waals surface area contributed by atoms with Gasteiger partial charge in [-0.3, -0.25) is 4.79 Å². The number of anilines is 1. The molecule has 0 bridgehead atoms. The Bertz CT molecular complexity index is 1260. The maximum Gasteiger partial charge on any atom is 0.342 e. The molecule has 0 saturated carbocycles. The lowest BCUT2D eigenvalue weighted by molar-refractivity contribution is 0.0380. The lowest BCUT2D eigenvalue weighted by atomic mass is 10.0. The van der Waals surface area contributed by atoms with Crippen LogP contribution in [0.3, 0.4) is 0 Å². The number of hydrogen-bond donors (Lipinski definition) is 1.